The van der Waals surface area contributed by atoms with Gasteiger partial charge in [-0.15, -0.1) is 0 Å². The molecule has 5 aromatic rings. The van der Waals surface area contributed by atoms with Crippen molar-refractivity contribution in [1.29, 1.82) is 0 Å². The fraction of sp³-hybridized carbons (Fsp3) is 0.0870. The van der Waals surface area contributed by atoms with Crippen molar-refractivity contribution in [2.45, 2.75) is 17.5 Å². The highest BCUT2D eigenvalue weighted by Crippen LogP contribution is 2.25. The molecule has 0 aliphatic carbocycles. The van der Waals surface area contributed by atoms with E-state index in [1.807, 2.05) is 18.2 Å². The Balaban J connectivity index is 1.44. The highest BCUT2D eigenvalue weighted by Gasteiger charge is 2.16. The second-order valence-corrected chi connectivity index (χ2v) is 8.21. The first kappa shape index (κ1) is 21.5. The molecule has 34 heavy (non-hydrogen) atoms. The zero-order valence-electron chi connectivity index (χ0n) is 17.6. The molecular formula is C23H16N6O4S. The number of nitro groups is 1. The van der Waals surface area contributed by atoms with Crippen LogP contribution in [0.25, 0.3) is 22.3 Å². The maximum absolute atomic E-state index is 13.2. The Morgan fingerprint density at radius 3 is 2.76 bits per heavy atom. The number of para-hydroxylation sites is 1. The lowest BCUT2D eigenvalue weighted by Gasteiger charge is -2.12. The minimum Gasteiger partial charge on any atom is -0.338 e. The number of fused-ring (bicyclic) bond motifs is 1. The maximum Gasteiger partial charge on any atom is 0.270 e. The van der Waals surface area contributed by atoms with E-state index in [-0.39, 0.29) is 22.8 Å². The van der Waals surface area contributed by atoms with Crippen molar-refractivity contribution in [2.75, 3.05) is 0 Å². The molecule has 0 aliphatic rings. The Bertz CT molecular complexity index is 1550. The summed E-state index contributed by atoms with van der Waals surface area (Å²) in [4.78, 5) is 36.9. The fourth-order valence-corrected chi connectivity index (χ4v) is 4.22. The number of pyridine rings is 1. The summed E-state index contributed by atoms with van der Waals surface area (Å²) in [5, 5.41) is 16.0. The molecule has 0 aliphatic heterocycles. The largest absolute Gasteiger partial charge is 0.338 e. The van der Waals surface area contributed by atoms with Gasteiger partial charge in [-0.05, 0) is 23.8 Å². The first-order valence-corrected chi connectivity index (χ1v) is 11.2. The van der Waals surface area contributed by atoms with E-state index in [4.69, 9.17) is 4.52 Å². The Kier molecular flexibility index (Phi) is 5.83. The van der Waals surface area contributed by atoms with Crippen LogP contribution in [0.3, 0.4) is 0 Å². The van der Waals surface area contributed by atoms with Gasteiger partial charge in [0, 0.05) is 30.1 Å². The van der Waals surface area contributed by atoms with Crippen LogP contribution in [0.2, 0.25) is 0 Å². The molecule has 0 saturated heterocycles. The number of thioether (sulfide) groups is 1. The molecule has 0 bridgehead atoms. The van der Waals surface area contributed by atoms with Crippen LogP contribution in [0.1, 0.15) is 11.5 Å². The first-order chi connectivity index (χ1) is 16.6. The Morgan fingerprint density at radius 1 is 1.06 bits per heavy atom. The van der Waals surface area contributed by atoms with Crippen molar-refractivity contribution in [3.63, 3.8) is 0 Å². The highest BCUT2D eigenvalue weighted by molar-refractivity contribution is 7.98. The second-order valence-electron chi connectivity index (χ2n) is 7.27. The third-order valence-electron chi connectivity index (χ3n) is 5.00. The normalized spacial score (nSPS) is 11.1. The molecule has 0 N–H and O–H groups in total. The maximum atomic E-state index is 13.2. The van der Waals surface area contributed by atoms with Gasteiger partial charge in [0.2, 0.25) is 11.7 Å². The van der Waals surface area contributed by atoms with Crippen molar-refractivity contribution < 1.29 is 9.45 Å². The fourth-order valence-electron chi connectivity index (χ4n) is 3.39. The molecule has 5 rings (SSSR count). The zero-order chi connectivity index (χ0) is 23.5. The average molecular weight is 472 g/mol. The predicted molar refractivity (Wildman–Crippen MR) is 125 cm³/mol. The van der Waals surface area contributed by atoms with Crippen LogP contribution >= 0.6 is 11.8 Å². The molecule has 0 radical (unpaired) electrons. The third-order valence-corrected chi connectivity index (χ3v) is 5.96. The molecule has 0 unspecified atom stereocenters. The van der Waals surface area contributed by atoms with Crippen LogP contribution in [0, 0.1) is 10.1 Å². The molecular weight excluding hydrogens is 456 g/mol. The lowest BCUT2D eigenvalue weighted by molar-refractivity contribution is -0.384. The molecule has 0 amide bonds. The molecule has 3 heterocycles. The van der Waals surface area contributed by atoms with Gasteiger partial charge in [0.1, 0.15) is 0 Å². The SMILES string of the molecule is O=c1c2ccccc2nc(SCc2nc(-c3cccc([N+](=O)[O-])c3)no2)n1Cc1cccnc1. The van der Waals surface area contributed by atoms with Crippen LogP contribution in [0.15, 0.2) is 87.5 Å². The molecule has 168 valence electrons. The van der Waals surface area contributed by atoms with Gasteiger partial charge in [-0.2, -0.15) is 4.98 Å². The summed E-state index contributed by atoms with van der Waals surface area (Å²) in [6, 6.07) is 16.9. The van der Waals surface area contributed by atoms with Crippen LogP contribution in [0.5, 0.6) is 0 Å². The van der Waals surface area contributed by atoms with E-state index < -0.39 is 4.92 Å². The number of nitro benzene ring substituents is 1. The van der Waals surface area contributed by atoms with E-state index in [1.54, 1.807) is 47.3 Å². The van der Waals surface area contributed by atoms with Crippen molar-refractivity contribution in [3.8, 4) is 11.4 Å². The average Bonchev–Trinajstić information content (AvgIpc) is 3.35. The zero-order valence-corrected chi connectivity index (χ0v) is 18.4. The van der Waals surface area contributed by atoms with E-state index in [9.17, 15) is 14.9 Å². The van der Waals surface area contributed by atoms with E-state index in [1.165, 1.54) is 23.9 Å². The smallest absolute Gasteiger partial charge is 0.270 e. The summed E-state index contributed by atoms with van der Waals surface area (Å²) in [7, 11) is 0. The van der Waals surface area contributed by atoms with E-state index in [0.717, 1.165) is 5.56 Å². The molecule has 2 aromatic carbocycles. The molecule has 11 heteroatoms. The molecule has 0 spiro atoms. The van der Waals surface area contributed by atoms with E-state index in [2.05, 4.69) is 20.1 Å². The van der Waals surface area contributed by atoms with Gasteiger partial charge in [-0.25, -0.2) is 4.98 Å². The third kappa shape index (κ3) is 4.41. The van der Waals surface area contributed by atoms with E-state index in [0.29, 0.717) is 34.1 Å². The predicted octanol–water partition coefficient (Wildman–Crippen LogP) is 4.09. The first-order valence-electron chi connectivity index (χ1n) is 10.2. The highest BCUT2D eigenvalue weighted by atomic mass is 32.2. The second kappa shape index (κ2) is 9.24. The monoisotopic (exact) mass is 472 g/mol. The van der Waals surface area contributed by atoms with Crippen molar-refractivity contribution in [3.05, 3.63) is 105 Å². The number of aromatic nitrogens is 5. The van der Waals surface area contributed by atoms with Gasteiger partial charge in [0.15, 0.2) is 5.16 Å². The van der Waals surface area contributed by atoms with Crippen LogP contribution in [-0.4, -0.2) is 29.6 Å². The summed E-state index contributed by atoms with van der Waals surface area (Å²) < 4.78 is 6.94. The number of rotatable bonds is 7. The molecule has 10 nitrogen and oxygen atoms in total. The topological polar surface area (TPSA) is 130 Å². The minimum absolute atomic E-state index is 0.0574. The van der Waals surface area contributed by atoms with Crippen molar-refractivity contribution in [1.82, 2.24) is 24.7 Å². The minimum atomic E-state index is -0.479. The molecule has 3 aromatic heterocycles. The van der Waals surface area contributed by atoms with Gasteiger partial charge in [0.05, 0.1) is 28.1 Å². The summed E-state index contributed by atoms with van der Waals surface area (Å²) in [5.41, 5.74) is 1.74. The summed E-state index contributed by atoms with van der Waals surface area (Å²) in [6.45, 7) is 0.315. The number of hydrogen-bond acceptors (Lipinski definition) is 9. The van der Waals surface area contributed by atoms with Gasteiger partial charge in [0.25, 0.3) is 11.2 Å². The van der Waals surface area contributed by atoms with Crippen molar-refractivity contribution in [2.24, 2.45) is 0 Å². The Hall–Kier alpha value is -4.38. The van der Waals surface area contributed by atoms with Gasteiger partial charge >= 0.3 is 0 Å². The van der Waals surface area contributed by atoms with Crippen LogP contribution in [0.4, 0.5) is 5.69 Å². The number of hydrogen-bond donors (Lipinski definition) is 0. The van der Waals surface area contributed by atoms with Gasteiger partial charge in [-0.1, -0.05) is 47.3 Å². The van der Waals surface area contributed by atoms with Gasteiger partial charge < -0.3 is 4.52 Å². The van der Waals surface area contributed by atoms with Gasteiger partial charge in [-0.3, -0.25) is 24.5 Å². The number of non-ortho nitro benzene ring substituents is 1. The number of benzene rings is 2. The van der Waals surface area contributed by atoms with Crippen LogP contribution < -0.4 is 5.56 Å². The summed E-state index contributed by atoms with van der Waals surface area (Å²) in [5.74, 6) is 0.820. The Labute approximate surface area is 196 Å². The lowest BCUT2D eigenvalue weighted by Crippen LogP contribution is -2.24. The lowest BCUT2D eigenvalue weighted by atomic mass is 10.2. The van der Waals surface area contributed by atoms with Crippen LogP contribution in [-0.2, 0) is 12.3 Å². The molecule has 0 saturated carbocycles. The van der Waals surface area contributed by atoms with E-state index >= 15 is 0 Å². The standard InChI is InChI=1S/C23H16N6O4S/c30-22-18-8-1-2-9-19(18)25-23(28(22)13-15-5-4-10-24-12-15)34-14-20-26-21(27-33-20)16-6-3-7-17(11-16)29(31)32/h1-12H,13-14H2. The molecule has 0 atom stereocenters. The summed E-state index contributed by atoms with van der Waals surface area (Å²) in [6.07, 6.45) is 3.38. The quantitative estimate of drug-likeness (QED) is 0.149. The van der Waals surface area contributed by atoms with Crippen molar-refractivity contribution >= 4 is 28.4 Å². The molecule has 0 fully saturated rings. The Morgan fingerprint density at radius 2 is 1.94 bits per heavy atom. The number of nitrogens with zero attached hydrogens (tertiary/aromatic N) is 6. The summed E-state index contributed by atoms with van der Waals surface area (Å²) >= 11 is 1.29.